The molecule has 0 aliphatic carbocycles. The fourth-order valence-corrected chi connectivity index (χ4v) is 9.89. The van der Waals surface area contributed by atoms with Crippen LogP contribution >= 0.6 is 0 Å². The third-order valence-corrected chi connectivity index (χ3v) is 13.7. The van der Waals surface area contributed by atoms with E-state index in [4.69, 9.17) is 14.4 Å². The molecule has 5 nitrogen and oxygen atoms in total. The van der Waals surface area contributed by atoms with Crippen LogP contribution in [0.15, 0.2) is 174 Å². The predicted molar refractivity (Wildman–Crippen MR) is 287 cm³/mol. The molecule has 1 N–H and O–H groups in total. The summed E-state index contributed by atoms with van der Waals surface area (Å²) in [5, 5.41) is 17.0. The maximum Gasteiger partial charge on any atom is 0.148 e. The van der Waals surface area contributed by atoms with Crippen LogP contribution in [0.25, 0.3) is 105 Å². The van der Waals surface area contributed by atoms with E-state index < -0.39 is 0 Å². The molecule has 0 unspecified atom stereocenters. The van der Waals surface area contributed by atoms with Crippen molar-refractivity contribution < 1.29 is 30.6 Å². The molecule has 350 valence electrons. The minimum Gasteiger partial charge on any atom is -0.507 e. The van der Waals surface area contributed by atoms with Crippen molar-refractivity contribution in [3.63, 3.8) is 0 Å². The van der Waals surface area contributed by atoms with Crippen LogP contribution in [0.1, 0.15) is 79.0 Å². The molecule has 0 amide bonds. The number of benzene rings is 8. The summed E-state index contributed by atoms with van der Waals surface area (Å²) in [6, 6.07) is 61.5. The Kier molecular flexibility index (Phi) is 11.6. The van der Waals surface area contributed by atoms with Crippen LogP contribution in [-0.2, 0) is 37.3 Å². The van der Waals surface area contributed by atoms with Gasteiger partial charge in [-0.15, -0.1) is 12.1 Å². The summed E-state index contributed by atoms with van der Waals surface area (Å²) in [5.74, 6) is 0.873. The normalized spacial score (nSPS) is 12.3. The maximum absolute atomic E-state index is 12.7. The van der Waals surface area contributed by atoms with E-state index in [1.807, 2.05) is 12.3 Å². The van der Waals surface area contributed by atoms with E-state index in [0.29, 0.717) is 11.4 Å². The quantitative estimate of drug-likeness (QED) is 0.169. The molecule has 0 saturated carbocycles. The van der Waals surface area contributed by atoms with Crippen molar-refractivity contribution in [3.05, 3.63) is 193 Å². The van der Waals surface area contributed by atoms with E-state index in [1.54, 1.807) is 0 Å². The van der Waals surface area contributed by atoms with Gasteiger partial charge in [0.2, 0.25) is 0 Å². The molecule has 3 heterocycles. The van der Waals surface area contributed by atoms with Crippen molar-refractivity contribution in [1.29, 1.82) is 0 Å². The molecule has 0 radical (unpaired) electrons. The molecule has 0 atom stereocenters. The summed E-state index contributed by atoms with van der Waals surface area (Å²) in [7, 11) is 0. The molecule has 8 aromatic carbocycles. The molecule has 11 aromatic rings. The van der Waals surface area contributed by atoms with Crippen LogP contribution in [-0.4, -0.2) is 19.6 Å². The SMILES string of the molecule is CC(C)(C)c1ccc(-n2c(-c3cc(C(C)(C)C)cc(C(C)(C)C)c3O)nc3c(-c4[c-]c(-c5cc(-c6ccccc6)ccn5)cc5c4oc4ccc6ccccc6c45)cccc32)c(-c2ccccc2)c1.[Pt]. The molecule has 0 spiro atoms. The summed E-state index contributed by atoms with van der Waals surface area (Å²) in [6.45, 7) is 19.9. The average Bonchev–Trinajstić information content (AvgIpc) is 3.92. The predicted octanol–water partition coefficient (Wildman–Crippen LogP) is 17.2. The first-order valence-corrected chi connectivity index (χ1v) is 24.0. The van der Waals surface area contributed by atoms with Crippen LogP contribution in [0.2, 0.25) is 0 Å². The Labute approximate surface area is 425 Å². The van der Waals surface area contributed by atoms with Crippen LogP contribution in [0.5, 0.6) is 5.75 Å². The fourth-order valence-electron chi connectivity index (χ4n) is 9.89. The van der Waals surface area contributed by atoms with Crippen LogP contribution in [0.3, 0.4) is 0 Å². The molecule has 11 rings (SSSR count). The van der Waals surface area contributed by atoms with Gasteiger partial charge in [0.25, 0.3) is 0 Å². The first-order chi connectivity index (χ1) is 33.0. The second kappa shape index (κ2) is 17.4. The van der Waals surface area contributed by atoms with E-state index in [2.05, 4.69) is 231 Å². The zero-order valence-electron chi connectivity index (χ0n) is 41.2. The van der Waals surface area contributed by atoms with E-state index >= 15 is 0 Å². The van der Waals surface area contributed by atoms with Crippen LogP contribution < -0.4 is 0 Å². The Morgan fingerprint density at radius 2 is 1.24 bits per heavy atom. The summed E-state index contributed by atoms with van der Waals surface area (Å²) >= 11 is 0. The van der Waals surface area contributed by atoms with Crippen molar-refractivity contribution in [2.24, 2.45) is 0 Å². The van der Waals surface area contributed by atoms with Crippen LogP contribution in [0.4, 0.5) is 0 Å². The van der Waals surface area contributed by atoms with Gasteiger partial charge in [-0.25, -0.2) is 4.98 Å². The van der Waals surface area contributed by atoms with Gasteiger partial charge < -0.3 is 9.52 Å². The van der Waals surface area contributed by atoms with Crippen molar-refractivity contribution in [3.8, 4) is 67.5 Å². The Bertz CT molecular complexity index is 3790. The van der Waals surface area contributed by atoms with Crippen molar-refractivity contribution >= 4 is 43.7 Å². The minimum absolute atomic E-state index is 0. The molecule has 0 bridgehead atoms. The van der Waals surface area contributed by atoms with E-state index in [0.717, 1.165) is 105 Å². The topological polar surface area (TPSA) is 64.1 Å². The number of para-hydroxylation sites is 1. The average molecular weight is 1090 g/mol. The van der Waals surface area contributed by atoms with Gasteiger partial charge in [-0.1, -0.05) is 200 Å². The number of furan rings is 1. The number of phenols is 1. The van der Waals surface area contributed by atoms with Gasteiger partial charge in [-0.2, -0.15) is 0 Å². The van der Waals surface area contributed by atoms with Crippen molar-refractivity contribution in [2.75, 3.05) is 0 Å². The Morgan fingerprint density at radius 1 is 0.557 bits per heavy atom. The third-order valence-electron chi connectivity index (χ3n) is 13.7. The number of aromatic hydroxyl groups is 1. The number of phenolic OH excluding ortho intramolecular Hbond substituents is 1. The molecule has 0 aliphatic rings. The minimum atomic E-state index is -0.357. The Morgan fingerprint density at radius 3 is 1.96 bits per heavy atom. The summed E-state index contributed by atoms with van der Waals surface area (Å²) in [5.41, 5.74) is 15.0. The first-order valence-electron chi connectivity index (χ1n) is 24.0. The summed E-state index contributed by atoms with van der Waals surface area (Å²) in [6.07, 6.45) is 1.88. The third kappa shape index (κ3) is 8.14. The maximum atomic E-state index is 12.7. The number of hydrogen-bond donors (Lipinski definition) is 1. The molecular weight excluding hydrogens is 1040 g/mol. The Balaban J connectivity index is 0.00000567. The van der Waals surface area contributed by atoms with Crippen LogP contribution in [0, 0.1) is 6.07 Å². The number of aromatic nitrogens is 3. The van der Waals surface area contributed by atoms with E-state index in [1.165, 1.54) is 5.56 Å². The van der Waals surface area contributed by atoms with Gasteiger partial charge >= 0.3 is 0 Å². The number of fused-ring (bicyclic) bond motifs is 6. The molecule has 0 fully saturated rings. The van der Waals surface area contributed by atoms with Gasteiger partial charge in [0.1, 0.15) is 17.2 Å². The van der Waals surface area contributed by atoms with Gasteiger partial charge in [0, 0.05) is 49.5 Å². The number of hydrogen-bond acceptors (Lipinski definition) is 4. The zero-order valence-corrected chi connectivity index (χ0v) is 43.5. The monoisotopic (exact) mass is 1090 g/mol. The number of nitrogens with zero attached hydrogens (tertiary/aromatic N) is 3. The number of imidazole rings is 1. The second-order valence-corrected chi connectivity index (χ2v) is 21.6. The first kappa shape index (κ1) is 46.6. The van der Waals surface area contributed by atoms with Gasteiger partial charge in [-0.05, 0) is 96.6 Å². The zero-order chi connectivity index (χ0) is 48.0. The molecule has 6 heteroatoms. The summed E-state index contributed by atoms with van der Waals surface area (Å²) in [4.78, 5) is 10.7. The molecular formula is C64H56N3O2Pt-. The van der Waals surface area contributed by atoms with Gasteiger partial charge in [0.15, 0.2) is 0 Å². The fraction of sp³-hybridized carbons (Fsp3) is 0.188. The second-order valence-electron chi connectivity index (χ2n) is 21.6. The van der Waals surface area contributed by atoms with Gasteiger partial charge in [-0.3, -0.25) is 9.55 Å². The molecule has 3 aromatic heterocycles. The standard InChI is InChI=1S/C64H56N3O2.Pt/c1-62(2,3)44-28-29-54(48(36-44)40-21-14-11-15-22-40)67-55-26-18-25-47(58(55)66-61(67)51-37-45(63(4,5)6)38-52(59(51)68)64(7,8)9)49-33-43(53-35-42(31-32-65-53)39-19-12-10-13-20-39)34-50-57-46-24-17-16-23-41(46)27-30-56(57)69-60(49)50;/h10-32,34-38,68H,1-9H3;/q-1;. The van der Waals surface area contributed by atoms with Crippen molar-refractivity contribution in [2.45, 2.75) is 78.6 Å². The molecule has 0 aliphatic heterocycles. The number of rotatable bonds is 6. The molecule has 70 heavy (non-hydrogen) atoms. The summed E-state index contributed by atoms with van der Waals surface area (Å²) < 4.78 is 9.27. The van der Waals surface area contributed by atoms with E-state index in [-0.39, 0.29) is 43.1 Å². The Hall–Kier alpha value is -7.07. The largest absolute Gasteiger partial charge is 0.507 e. The van der Waals surface area contributed by atoms with Gasteiger partial charge in [0.05, 0.1) is 27.9 Å². The van der Waals surface area contributed by atoms with Crippen molar-refractivity contribution in [1.82, 2.24) is 14.5 Å². The van der Waals surface area contributed by atoms with E-state index in [9.17, 15) is 5.11 Å². The number of pyridine rings is 1. The smallest absolute Gasteiger partial charge is 0.148 e. The molecule has 0 saturated heterocycles.